The van der Waals surface area contributed by atoms with Crippen LogP contribution < -0.4 is 4.57 Å². The number of thiazole rings is 1. The van der Waals surface area contributed by atoms with Gasteiger partial charge in [-0.1, -0.05) is 48.5 Å². The number of hydrogen-bond acceptors (Lipinski definition) is 1. The molecule has 0 unspecified atom stereocenters. The Labute approximate surface area is 98.6 Å². The average molecular weight is 225 g/mol. The van der Waals surface area contributed by atoms with Crippen LogP contribution in [0.5, 0.6) is 0 Å². The summed E-state index contributed by atoms with van der Waals surface area (Å²) in [5.41, 5.74) is 2.41. The minimum Gasteiger partial charge on any atom is -0.317 e. The summed E-state index contributed by atoms with van der Waals surface area (Å²) in [6, 6.07) is 18.7. The molecule has 1 aromatic heterocycles. The Balaban J connectivity index is 2.29. The summed E-state index contributed by atoms with van der Waals surface area (Å²) >= 11 is 1.78. The van der Waals surface area contributed by atoms with Gasteiger partial charge in [0, 0.05) is 17.3 Å². The third-order valence-corrected chi connectivity index (χ3v) is 3.84. The molecule has 0 bridgehead atoms. The second kappa shape index (κ2) is 3.65. The lowest BCUT2D eigenvalue weighted by Gasteiger charge is -2.00. The molecule has 1 heterocycles. The van der Waals surface area contributed by atoms with Crippen molar-refractivity contribution in [2.75, 3.05) is 0 Å². The minimum absolute atomic E-state index is 1.19. The van der Waals surface area contributed by atoms with Gasteiger partial charge in [0.1, 0.15) is 5.52 Å². The molecule has 0 amide bonds. The highest BCUT2D eigenvalue weighted by Gasteiger charge is 2.08. The van der Waals surface area contributed by atoms with Crippen LogP contribution >= 0.6 is 11.3 Å². The molecular formula is C14H11NS. The summed E-state index contributed by atoms with van der Waals surface area (Å²) in [7, 11) is 4.11. The molecular weight excluding hydrogens is 214 g/mol. The van der Waals surface area contributed by atoms with Crippen LogP contribution in [0.3, 0.4) is 0 Å². The standard InChI is InChI=1S/C14H11NS/c1-15-12-9-5-6-10-13(12)16-14(15)11-7-3-2-4-8-11/h2-10H,1H2. The Morgan fingerprint density at radius 2 is 1.56 bits per heavy atom. The molecule has 0 aliphatic heterocycles. The zero-order valence-corrected chi connectivity index (χ0v) is 9.58. The van der Waals surface area contributed by atoms with Gasteiger partial charge in [-0.05, 0) is 6.07 Å². The van der Waals surface area contributed by atoms with Gasteiger partial charge in [0.25, 0.3) is 0 Å². The molecule has 0 atom stereocenters. The summed E-state index contributed by atoms with van der Waals surface area (Å²) in [4.78, 5) is 0. The molecule has 2 heteroatoms. The van der Waals surface area contributed by atoms with Crippen LogP contribution in [0.25, 0.3) is 20.8 Å². The SMILES string of the molecule is [CH2-][n+]1c(-c2ccccc2)sc2ccccc21. The maximum Gasteiger partial charge on any atom is 0.167 e. The smallest absolute Gasteiger partial charge is 0.167 e. The summed E-state index contributed by atoms with van der Waals surface area (Å²) < 4.78 is 3.28. The van der Waals surface area contributed by atoms with Crippen LogP contribution in [0, 0.1) is 7.05 Å². The summed E-state index contributed by atoms with van der Waals surface area (Å²) in [5.74, 6) is 0. The predicted molar refractivity (Wildman–Crippen MR) is 68.2 cm³/mol. The van der Waals surface area contributed by atoms with Gasteiger partial charge in [-0.25, -0.2) is 0 Å². The molecule has 0 aliphatic carbocycles. The third-order valence-electron chi connectivity index (χ3n) is 2.63. The molecule has 3 aromatic rings. The molecule has 1 nitrogen and oxygen atoms in total. The number of hydrogen-bond donors (Lipinski definition) is 0. The molecule has 0 saturated carbocycles. The van der Waals surface area contributed by atoms with Crippen molar-refractivity contribution in [2.24, 2.45) is 0 Å². The van der Waals surface area contributed by atoms with Gasteiger partial charge in [-0.2, -0.15) is 0 Å². The van der Waals surface area contributed by atoms with Crippen LogP contribution in [-0.2, 0) is 0 Å². The van der Waals surface area contributed by atoms with Gasteiger partial charge in [-0.3, -0.25) is 0 Å². The zero-order valence-electron chi connectivity index (χ0n) is 8.76. The van der Waals surface area contributed by atoms with Crippen LogP contribution in [0.4, 0.5) is 0 Å². The topological polar surface area (TPSA) is 3.88 Å². The van der Waals surface area contributed by atoms with Crippen LogP contribution in [0.1, 0.15) is 0 Å². The lowest BCUT2D eigenvalue weighted by atomic mass is 10.2. The van der Waals surface area contributed by atoms with E-state index in [4.69, 9.17) is 0 Å². The van der Waals surface area contributed by atoms with Crippen molar-refractivity contribution >= 4 is 21.6 Å². The fourth-order valence-electron chi connectivity index (χ4n) is 1.83. The largest absolute Gasteiger partial charge is 0.317 e. The van der Waals surface area contributed by atoms with Crippen molar-refractivity contribution in [2.45, 2.75) is 0 Å². The van der Waals surface area contributed by atoms with E-state index < -0.39 is 0 Å². The van der Waals surface area contributed by atoms with Gasteiger partial charge >= 0.3 is 0 Å². The highest BCUT2D eigenvalue weighted by molar-refractivity contribution is 7.21. The Hall–Kier alpha value is -1.80. The number of benzene rings is 2. The molecule has 0 fully saturated rings. The Bertz CT molecular complexity index is 626. The van der Waals surface area contributed by atoms with E-state index in [1.165, 1.54) is 20.8 Å². The molecule has 16 heavy (non-hydrogen) atoms. The quantitative estimate of drug-likeness (QED) is 0.441. The fourth-order valence-corrected chi connectivity index (χ4v) is 2.93. The Kier molecular flexibility index (Phi) is 2.15. The number of aromatic nitrogens is 1. The molecule has 78 valence electrons. The maximum absolute atomic E-state index is 4.11. The van der Waals surface area contributed by atoms with E-state index in [1.807, 2.05) is 16.7 Å². The second-order valence-corrected chi connectivity index (χ2v) is 4.70. The Morgan fingerprint density at radius 3 is 2.31 bits per heavy atom. The average Bonchev–Trinajstić information content (AvgIpc) is 2.69. The third kappa shape index (κ3) is 1.39. The van der Waals surface area contributed by atoms with Crippen LogP contribution in [0.15, 0.2) is 54.6 Å². The zero-order chi connectivity index (χ0) is 11.0. The number of para-hydroxylation sites is 1. The lowest BCUT2D eigenvalue weighted by molar-refractivity contribution is -0.567. The molecule has 0 aliphatic rings. The molecule has 2 aromatic carbocycles. The first-order chi connectivity index (χ1) is 7.86. The van der Waals surface area contributed by atoms with Crippen LogP contribution in [-0.4, -0.2) is 0 Å². The molecule has 3 rings (SSSR count). The second-order valence-electron chi connectivity index (χ2n) is 3.67. The predicted octanol–water partition coefficient (Wildman–Crippen LogP) is 3.50. The van der Waals surface area contributed by atoms with Crippen molar-refractivity contribution in [1.82, 2.24) is 0 Å². The van der Waals surface area contributed by atoms with Crippen molar-refractivity contribution in [3.63, 3.8) is 0 Å². The minimum atomic E-state index is 1.19. The van der Waals surface area contributed by atoms with E-state index in [9.17, 15) is 0 Å². The van der Waals surface area contributed by atoms with E-state index in [2.05, 4.69) is 49.5 Å². The van der Waals surface area contributed by atoms with E-state index in [-0.39, 0.29) is 0 Å². The van der Waals surface area contributed by atoms with Gasteiger partial charge in [0.15, 0.2) is 5.01 Å². The number of nitrogens with zero attached hydrogens (tertiary/aromatic N) is 1. The van der Waals surface area contributed by atoms with E-state index in [0.717, 1.165) is 0 Å². The summed E-state index contributed by atoms with van der Waals surface area (Å²) in [6.07, 6.45) is 0. The molecule has 0 spiro atoms. The first kappa shape index (κ1) is 9.43. The first-order valence-corrected chi connectivity index (χ1v) is 5.98. The van der Waals surface area contributed by atoms with Gasteiger partial charge in [0.05, 0.1) is 0 Å². The monoisotopic (exact) mass is 225 g/mol. The van der Waals surface area contributed by atoms with Gasteiger partial charge < -0.3 is 4.57 Å². The normalized spacial score (nSPS) is 10.8. The molecule has 0 radical (unpaired) electrons. The highest BCUT2D eigenvalue weighted by atomic mass is 32.1. The van der Waals surface area contributed by atoms with E-state index in [0.29, 0.717) is 0 Å². The number of rotatable bonds is 1. The van der Waals surface area contributed by atoms with Crippen molar-refractivity contribution in [3.8, 4) is 10.6 Å². The van der Waals surface area contributed by atoms with Crippen molar-refractivity contribution < 1.29 is 4.57 Å². The fraction of sp³-hybridized carbons (Fsp3) is 0. The summed E-state index contributed by atoms with van der Waals surface area (Å²) in [5, 5.41) is 1.20. The van der Waals surface area contributed by atoms with E-state index >= 15 is 0 Å². The molecule has 0 N–H and O–H groups in total. The highest BCUT2D eigenvalue weighted by Crippen LogP contribution is 2.27. The Morgan fingerprint density at radius 1 is 0.875 bits per heavy atom. The van der Waals surface area contributed by atoms with Crippen molar-refractivity contribution in [1.29, 1.82) is 0 Å². The van der Waals surface area contributed by atoms with Crippen LogP contribution in [0.2, 0.25) is 0 Å². The maximum atomic E-state index is 4.11. The van der Waals surface area contributed by atoms with Gasteiger partial charge in [0.2, 0.25) is 0 Å². The van der Waals surface area contributed by atoms with Gasteiger partial charge in [-0.15, -0.1) is 11.3 Å². The van der Waals surface area contributed by atoms with Crippen molar-refractivity contribution in [3.05, 3.63) is 61.6 Å². The number of fused-ring (bicyclic) bond motifs is 1. The first-order valence-electron chi connectivity index (χ1n) is 5.16. The van der Waals surface area contributed by atoms with E-state index in [1.54, 1.807) is 11.3 Å². The lowest BCUT2D eigenvalue weighted by Crippen LogP contribution is -2.25. The molecule has 0 saturated heterocycles. The summed E-state index contributed by atoms with van der Waals surface area (Å²) in [6.45, 7) is 0.